The number of phenolic OH excluding ortho intramolecular Hbond substituents is 3. The molecule has 0 spiro atoms. The van der Waals surface area contributed by atoms with Crippen LogP contribution in [0.5, 0.6) is 17.2 Å². The van der Waals surface area contributed by atoms with Crippen molar-refractivity contribution in [3.05, 3.63) is 246 Å². The molecule has 0 atom stereocenters. The Morgan fingerprint density at radius 3 is 0.796 bits per heavy atom. The molecule has 522 valence electrons. The number of anilines is 9. The van der Waals surface area contributed by atoms with E-state index in [-0.39, 0.29) is 22.0 Å². The maximum Gasteiger partial charge on any atom is 0.144 e. The van der Waals surface area contributed by atoms with Crippen molar-refractivity contribution in [2.45, 2.75) is 194 Å². The second kappa shape index (κ2) is 32.6. The van der Waals surface area contributed by atoms with Crippen molar-refractivity contribution >= 4 is 51.2 Å². The third-order valence-corrected chi connectivity index (χ3v) is 17.9. The topological polar surface area (TPSA) is 88.9 Å². The van der Waals surface area contributed by atoms with E-state index in [4.69, 9.17) is 0 Å². The molecule has 0 heterocycles. The van der Waals surface area contributed by atoms with Gasteiger partial charge >= 0.3 is 0 Å². The summed E-state index contributed by atoms with van der Waals surface area (Å²) in [6.07, 6.45) is 2.59. The smallest absolute Gasteiger partial charge is 0.144 e. The first kappa shape index (κ1) is 77.0. The van der Waals surface area contributed by atoms with Crippen molar-refractivity contribution in [1.82, 2.24) is 15.1 Å². The Balaban J connectivity index is 0.000000327. The Labute approximate surface area is 591 Å². The second-order valence-electron chi connectivity index (χ2n) is 31.5. The first-order valence-electron chi connectivity index (χ1n) is 35.3. The number of rotatable bonds is 19. The minimum absolute atomic E-state index is 0.000831. The molecule has 0 unspecified atom stereocenters. The zero-order chi connectivity index (χ0) is 72.5. The number of aromatic hydroxyl groups is 3. The molecule has 9 aromatic carbocycles. The molecule has 0 bridgehead atoms. The fourth-order valence-electron chi connectivity index (χ4n) is 13.2. The number of phenols is 3. The summed E-state index contributed by atoms with van der Waals surface area (Å²) in [5.41, 5.74) is 27.8. The molecule has 0 saturated carbocycles. The van der Waals surface area contributed by atoms with Crippen LogP contribution in [0.3, 0.4) is 0 Å². The molecule has 4 N–H and O–H groups in total. The normalized spacial score (nSPS) is 11.7. The van der Waals surface area contributed by atoms with Crippen LogP contribution in [-0.4, -0.2) is 65.9 Å². The van der Waals surface area contributed by atoms with Gasteiger partial charge in [0.2, 0.25) is 0 Å². The van der Waals surface area contributed by atoms with Crippen LogP contribution in [0.4, 0.5) is 51.2 Å². The summed E-state index contributed by atoms with van der Waals surface area (Å²) in [6.45, 7) is 51.5. The number of nitrogens with zero attached hydrogens (tertiary/aromatic N) is 5. The lowest BCUT2D eigenvalue weighted by molar-refractivity contribution is 0.243. The van der Waals surface area contributed by atoms with Crippen molar-refractivity contribution in [3.8, 4) is 17.2 Å². The average Bonchev–Trinajstić information content (AvgIpc) is 0.781. The van der Waals surface area contributed by atoms with Crippen molar-refractivity contribution < 1.29 is 15.3 Å². The largest absolute Gasteiger partial charge is 0.506 e. The van der Waals surface area contributed by atoms with Gasteiger partial charge in [0.05, 0.1) is 17.1 Å². The number of hydrogen-bond donors (Lipinski definition) is 4. The Hall–Kier alpha value is -8.34. The molecule has 0 saturated heterocycles. The van der Waals surface area contributed by atoms with E-state index in [1.807, 2.05) is 19.2 Å². The van der Waals surface area contributed by atoms with Gasteiger partial charge in [-0.1, -0.05) is 130 Å². The van der Waals surface area contributed by atoms with Gasteiger partial charge in [0.25, 0.3) is 0 Å². The molecule has 0 aromatic heterocycles. The molecule has 0 fully saturated rings. The number of aryl methyl sites for hydroxylation is 12. The lowest BCUT2D eigenvalue weighted by atomic mass is 9.85. The highest BCUT2D eigenvalue weighted by Crippen LogP contribution is 2.48. The van der Waals surface area contributed by atoms with E-state index in [2.05, 4.69) is 336 Å². The third-order valence-electron chi connectivity index (χ3n) is 17.9. The fourth-order valence-corrected chi connectivity index (χ4v) is 13.2. The van der Waals surface area contributed by atoms with Gasteiger partial charge in [-0.25, -0.2) is 0 Å². The number of likely N-dealkylation sites (N-methyl/N-ethyl adjacent to an activating group) is 2. The van der Waals surface area contributed by atoms with Gasteiger partial charge in [0.15, 0.2) is 0 Å². The summed E-state index contributed by atoms with van der Waals surface area (Å²) in [4.78, 5) is 11.2. The van der Waals surface area contributed by atoms with Gasteiger partial charge in [0, 0.05) is 71.4 Å². The summed E-state index contributed by atoms with van der Waals surface area (Å²) < 4.78 is 0. The van der Waals surface area contributed by atoms with Crippen molar-refractivity contribution in [2.75, 3.05) is 55.5 Å². The van der Waals surface area contributed by atoms with Gasteiger partial charge in [-0.15, -0.1) is 0 Å². The molecule has 9 rings (SSSR count). The van der Waals surface area contributed by atoms with E-state index in [9.17, 15) is 15.3 Å². The Bertz CT molecular complexity index is 3750. The molecule has 0 amide bonds. The van der Waals surface area contributed by atoms with E-state index in [0.29, 0.717) is 24.6 Å². The Morgan fingerprint density at radius 2 is 0.571 bits per heavy atom. The monoisotopic (exact) mass is 1320 g/mol. The molecule has 9 nitrogen and oxygen atoms in total. The molecular formula is C89H118N6O3. The van der Waals surface area contributed by atoms with Crippen LogP contribution >= 0.6 is 0 Å². The predicted octanol–water partition coefficient (Wildman–Crippen LogP) is 23.1. The van der Waals surface area contributed by atoms with Crippen LogP contribution in [0.25, 0.3) is 0 Å². The van der Waals surface area contributed by atoms with Crippen LogP contribution in [0.15, 0.2) is 152 Å². The summed E-state index contributed by atoms with van der Waals surface area (Å²) in [6, 6.07) is 54.2. The fraction of sp³-hybridized carbons (Fsp3) is 0.393. The lowest BCUT2D eigenvalue weighted by Gasteiger charge is -2.32. The van der Waals surface area contributed by atoms with Gasteiger partial charge in [-0.05, 0) is 314 Å². The van der Waals surface area contributed by atoms with Crippen molar-refractivity contribution in [1.29, 1.82) is 0 Å². The minimum Gasteiger partial charge on any atom is -0.506 e. The van der Waals surface area contributed by atoms with Gasteiger partial charge in [0.1, 0.15) is 17.2 Å². The van der Waals surface area contributed by atoms with Crippen LogP contribution in [0.1, 0.15) is 177 Å². The first-order valence-corrected chi connectivity index (χ1v) is 35.3. The molecule has 9 aromatic rings. The molecular weight excluding hydrogens is 1200 g/mol. The van der Waals surface area contributed by atoms with Gasteiger partial charge in [-0.3, -0.25) is 0 Å². The van der Waals surface area contributed by atoms with Crippen LogP contribution in [0, 0.1) is 83.1 Å². The lowest BCUT2D eigenvalue weighted by Crippen LogP contribution is -2.30. The summed E-state index contributed by atoms with van der Waals surface area (Å²) in [5, 5.41) is 38.7. The zero-order valence-electron chi connectivity index (χ0n) is 64.5. The van der Waals surface area contributed by atoms with Crippen molar-refractivity contribution in [2.24, 2.45) is 0 Å². The van der Waals surface area contributed by atoms with E-state index in [1.165, 1.54) is 96.3 Å². The molecule has 98 heavy (non-hydrogen) atoms. The molecule has 9 heteroatoms. The highest BCUT2D eigenvalue weighted by Gasteiger charge is 2.28. The Morgan fingerprint density at radius 1 is 0.327 bits per heavy atom. The predicted molar refractivity (Wildman–Crippen MR) is 423 cm³/mol. The maximum absolute atomic E-state index is 12.4. The standard InChI is InChI=1S/C58H74N4O2.C26H31NO.C5H13N/c1-37-19-38(2)24-49(23-37)61(50-25-39(3)20-40(4)26-50)53-33-47(57(9,10)11)31-45(55(53)63)35-59(15)17-18-60(16)36-46-32-48(58(12,13)14)34-54(56(46)64)62(51-27-41(5)21-42(6)28-51)52-29-43(7)22-44(8)30-52;1-17-10-18(2)13-22(12-17)27(23-14-19(3)11-20(4)15-23)24-16-21(26(5,6)7)8-9-25(24)28;1-3-4-5-6-2/h19-34,63-64H,17-18,35-36H2,1-16H3;8-16,28H,1-7H3;6H,3-5H2,1-2H3. The minimum atomic E-state index is -0.152. The summed E-state index contributed by atoms with van der Waals surface area (Å²) in [5.74, 6) is 0.867. The number of benzene rings is 9. The molecule has 0 radical (unpaired) electrons. The van der Waals surface area contributed by atoms with Crippen LogP contribution < -0.4 is 20.0 Å². The third kappa shape index (κ3) is 20.6. The molecule has 0 aliphatic rings. The SMILES string of the molecule is CCCCNC.Cc1cc(C)cc(N(c2cc(C)cc(C)c2)c2cc(C(C)(C)C)cc(CN(C)CCN(C)Cc3cc(C(C)(C)C)cc(N(c4cc(C)cc(C)c4)c4cc(C)cc(C)c4)c3O)c2O)c1.Cc1cc(C)cc(N(c2cc(C)cc(C)c2)c2cc(C(C)(C)C)ccc2O)c1. The van der Waals surface area contributed by atoms with Crippen molar-refractivity contribution in [3.63, 3.8) is 0 Å². The summed E-state index contributed by atoms with van der Waals surface area (Å²) >= 11 is 0. The van der Waals surface area contributed by atoms with E-state index in [1.54, 1.807) is 0 Å². The van der Waals surface area contributed by atoms with E-state index in [0.717, 1.165) is 81.9 Å². The first-order chi connectivity index (χ1) is 45.8. The highest BCUT2D eigenvalue weighted by molar-refractivity contribution is 5.85. The van der Waals surface area contributed by atoms with Gasteiger partial charge < -0.3 is 45.1 Å². The van der Waals surface area contributed by atoms with E-state index >= 15 is 0 Å². The van der Waals surface area contributed by atoms with E-state index < -0.39 is 0 Å². The maximum atomic E-state index is 12.4. The summed E-state index contributed by atoms with van der Waals surface area (Å²) in [7, 11) is 6.24. The van der Waals surface area contributed by atoms with Crippen LogP contribution in [-0.2, 0) is 29.3 Å². The van der Waals surface area contributed by atoms with Gasteiger partial charge in [-0.2, -0.15) is 0 Å². The Kier molecular flexibility index (Phi) is 25.6. The highest BCUT2D eigenvalue weighted by atomic mass is 16.3. The zero-order valence-corrected chi connectivity index (χ0v) is 64.5. The number of hydrogen-bond acceptors (Lipinski definition) is 9. The molecule has 0 aliphatic carbocycles. The second-order valence-corrected chi connectivity index (χ2v) is 31.5. The quantitative estimate of drug-likeness (QED) is 0.0591. The average molecular weight is 1320 g/mol. The number of nitrogens with one attached hydrogen (secondary N) is 1. The number of unbranched alkanes of at least 4 members (excludes halogenated alkanes) is 1. The molecule has 0 aliphatic heterocycles. The van der Waals surface area contributed by atoms with Crippen LogP contribution in [0.2, 0.25) is 0 Å².